The van der Waals surface area contributed by atoms with Gasteiger partial charge in [0.2, 0.25) is 11.9 Å². The molecule has 6 nitrogen and oxygen atoms in total. The maximum Gasteiger partial charge on any atom is 0.222 e. The molecule has 0 atom stereocenters. The van der Waals surface area contributed by atoms with Gasteiger partial charge in [0.05, 0.1) is 6.54 Å². The predicted octanol–water partition coefficient (Wildman–Crippen LogP) is 1.96. The lowest BCUT2D eigenvalue weighted by molar-refractivity contribution is -0.120. The van der Waals surface area contributed by atoms with Crippen LogP contribution in [0.4, 0.5) is 5.95 Å². The molecule has 1 aliphatic carbocycles. The van der Waals surface area contributed by atoms with Gasteiger partial charge < -0.3 is 15.4 Å². The van der Waals surface area contributed by atoms with Crippen molar-refractivity contribution in [3.05, 3.63) is 47.8 Å². The van der Waals surface area contributed by atoms with Crippen molar-refractivity contribution in [2.24, 2.45) is 0 Å². The lowest BCUT2D eigenvalue weighted by Gasteiger charge is -2.09. The largest absolute Gasteiger partial charge is 0.492 e. The van der Waals surface area contributed by atoms with Crippen molar-refractivity contribution >= 4 is 11.9 Å². The van der Waals surface area contributed by atoms with E-state index in [9.17, 15) is 4.79 Å². The number of ether oxygens (including phenoxy) is 1. The third-order valence-electron chi connectivity index (χ3n) is 3.96. The number of hydrogen-bond acceptors (Lipinski definition) is 5. The van der Waals surface area contributed by atoms with E-state index in [4.69, 9.17) is 4.74 Å². The predicted molar refractivity (Wildman–Crippen MR) is 92.1 cm³/mol. The fourth-order valence-corrected chi connectivity index (χ4v) is 2.76. The number of aryl methyl sites for hydroxylation is 2. The number of amides is 1. The van der Waals surface area contributed by atoms with Gasteiger partial charge in [-0.15, -0.1) is 0 Å². The average molecular weight is 326 g/mol. The molecule has 1 aromatic heterocycles. The normalized spacial score (nSPS) is 12.5. The molecule has 0 unspecified atom stereocenters. The van der Waals surface area contributed by atoms with Crippen LogP contribution in [0.3, 0.4) is 0 Å². The minimum atomic E-state index is -0.0176. The number of fused-ring (bicyclic) bond motifs is 1. The van der Waals surface area contributed by atoms with Crippen LogP contribution in [0.15, 0.2) is 36.7 Å². The summed E-state index contributed by atoms with van der Waals surface area (Å²) >= 11 is 0. The van der Waals surface area contributed by atoms with E-state index < -0.39 is 0 Å². The minimum absolute atomic E-state index is 0.0176. The van der Waals surface area contributed by atoms with Crippen molar-refractivity contribution in [3.63, 3.8) is 0 Å². The molecule has 3 rings (SSSR count). The number of benzene rings is 1. The highest BCUT2D eigenvalue weighted by Crippen LogP contribution is 2.25. The maximum absolute atomic E-state index is 11.8. The Labute approximate surface area is 141 Å². The molecule has 0 radical (unpaired) electrons. The number of carbonyl (C=O) groups is 1. The molecule has 24 heavy (non-hydrogen) atoms. The van der Waals surface area contributed by atoms with Gasteiger partial charge in [-0.25, -0.2) is 9.97 Å². The zero-order valence-electron chi connectivity index (χ0n) is 13.6. The fourth-order valence-electron chi connectivity index (χ4n) is 2.76. The molecule has 126 valence electrons. The Hall–Kier alpha value is -2.63. The van der Waals surface area contributed by atoms with Gasteiger partial charge in [-0.3, -0.25) is 4.79 Å². The second-order valence-corrected chi connectivity index (χ2v) is 5.73. The summed E-state index contributed by atoms with van der Waals surface area (Å²) in [7, 11) is 0. The van der Waals surface area contributed by atoms with Crippen LogP contribution in [-0.4, -0.2) is 35.6 Å². The first-order valence-corrected chi connectivity index (χ1v) is 8.33. The van der Waals surface area contributed by atoms with E-state index >= 15 is 0 Å². The van der Waals surface area contributed by atoms with Crippen molar-refractivity contribution < 1.29 is 9.53 Å². The van der Waals surface area contributed by atoms with E-state index in [1.807, 2.05) is 6.07 Å². The van der Waals surface area contributed by atoms with Crippen LogP contribution in [0.2, 0.25) is 0 Å². The molecule has 0 fully saturated rings. The highest BCUT2D eigenvalue weighted by Gasteiger charge is 2.11. The Kier molecular flexibility index (Phi) is 5.61. The van der Waals surface area contributed by atoms with E-state index in [2.05, 4.69) is 32.7 Å². The number of aromatic nitrogens is 2. The van der Waals surface area contributed by atoms with Crippen LogP contribution in [0, 0.1) is 0 Å². The Bertz CT molecular complexity index is 676. The second kappa shape index (κ2) is 8.29. The number of hydrogen-bond donors (Lipinski definition) is 2. The van der Waals surface area contributed by atoms with Gasteiger partial charge in [0.15, 0.2) is 0 Å². The summed E-state index contributed by atoms with van der Waals surface area (Å²) in [5.41, 5.74) is 2.83. The quantitative estimate of drug-likeness (QED) is 0.725. The van der Waals surface area contributed by atoms with Crippen LogP contribution in [0.1, 0.15) is 24.0 Å². The molecule has 0 spiro atoms. The molecular weight excluding hydrogens is 304 g/mol. The molecule has 0 saturated carbocycles. The third-order valence-corrected chi connectivity index (χ3v) is 3.96. The van der Waals surface area contributed by atoms with Crippen LogP contribution in [0.25, 0.3) is 0 Å². The molecule has 0 aliphatic heterocycles. The minimum Gasteiger partial charge on any atom is -0.492 e. The number of nitrogens with one attached hydrogen (secondary N) is 2. The van der Waals surface area contributed by atoms with Crippen LogP contribution in [-0.2, 0) is 17.6 Å². The molecule has 0 saturated heterocycles. The van der Waals surface area contributed by atoms with Gasteiger partial charge in [0.25, 0.3) is 0 Å². The number of anilines is 1. The van der Waals surface area contributed by atoms with Gasteiger partial charge in [-0.2, -0.15) is 0 Å². The van der Waals surface area contributed by atoms with E-state index in [1.54, 1.807) is 18.5 Å². The highest BCUT2D eigenvalue weighted by molar-refractivity contribution is 5.76. The zero-order valence-corrected chi connectivity index (χ0v) is 13.6. The smallest absolute Gasteiger partial charge is 0.222 e. The molecule has 2 N–H and O–H groups in total. The van der Waals surface area contributed by atoms with Crippen LogP contribution < -0.4 is 15.4 Å². The number of nitrogens with zero attached hydrogens (tertiary/aromatic N) is 2. The second-order valence-electron chi connectivity index (χ2n) is 5.73. The van der Waals surface area contributed by atoms with Crippen molar-refractivity contribution in [1.29, 1.82) is 0 Å². The molecule has 6 heteroatoms. The van der Waals surface area contributed by atoms with Gasteiger partial charge in [-0.1, -0.05) is 6.07 Å². The summed E-state index contributed by atoms with van der Waals surface area (Å²) in [6.07, 6.45) is 7.24. The van der Waals surface area contributed by atoms with Crippen molar-refractivity contribution in [3.8, 4) is 5.75 Å². The zero-order chi connectivity index (χ0) is 16.6. The van der Waals surface area contributed by atoms with Crippen molar-refractivity contribution in [2.45, 2.75) is 25.7 Å². The topological polar surface area (TPSA) is 76.1 Å². The Morgan fingerprint density at radius 2 is 1.96 bits per heavy atom. The van der Waals surface area contributed by atoms with Crippen molar-refractivity contribution in [1.82, 2.24) is 15.3 Å². The summed E-state index contributed by atoms with van der Waals surface area (Å²) in [6, 6.07) is 8.02. The monoisotopic (exact) mass is 326 g/mol. The van der Waals surface area contributed by atoms with Crippen LogP contribution in [0.5, 0.6) is 5.75 Å². The standard InChI is InChI=1S/C18H22N4O2/c23-17(7-10-22-18-20-8-2-9-21-18)19-11-12-24-16-6-5-14-3-1-4-15(14)13-16/h2,5-6,8-9,13H,1,3-4,7,10-12H2,(H,19,23)(H,20,21,22). The van der Waals surface area contributed by atoms with E-state index in [0.717, 1.165) is 12.2 Å². The van der Waals surface area contributed by atoms with Crippen molar-refractivity contribution in [2.75, 3.05) is 25.0 Å². The number of rotatable bonds is 8. The fraction of sp³-hybridized carbons (Fsp3) is 0.389. The molecule has 0 bridgehead atoms. The van der Waals surface area contributed by atoms with Gasteiger partial charge in [0.1, 0.15) is 12.4 Å². The summed E-state index contributed by atoms with van der Waals surface area (Å²) in [5, 5.41) is 5.85. The van der Waals surface area contributed by atoms with E-state index in [0.29, 0.717) is 32.1 Å². The first kappa shape index (κ1) is 16.2. The molecule has 1 aromatic carbocycles. The molecule has 1 aliphatic rings. The third kappa shape index (κ3) is 4.68. The molecule has 1 heterocycles. The Morgan fingerprint density at radius 1 is 1.12 bits per heavy atom. The molecule has 2 aromatic rings. The van der Waals surface area contributed by atoms with Crippen LogP contribution >= 0.6 is 0 Å². The SMILES string of the molecule is O=C(CCNc1ncccn1)NCCOc1ccc2c(c1)CCC2. The summed E-state index contributed by atoms with van der Waals surface area (Å²) < 4.78 is 5.71. The lowest BCUT2D eigenvalue weighted by Crippen LogP contribution is -2.29. The van der Waals surface area contributed by atoms with Gasteiger partial charge in [0, 0.05) is 25.4 Å². The molecular formula is C18H22N4O2. The molecule has 1 amide bonds. The maximum atomic E-state index is 11.8. The van der Waals surface area contributed by atoms with E-state index in [-0.39, 0.29) is 5.91 Å². The number of carbonyl (C=O) groups excluding carboxylic acids is 1. The Balaban J connectivity index is 1.29. The highest BCUT2D eigenvalue weighted by atomic mass is 16.5. The van der Waals surface area contributed by atoms with E-state index in [1.165, 1.54) is 24.0 Å². The van der Waals surface area contributed by atoms with Gasteiger partial charge in [-0.05, 0) is 48.6 Å². The first-order chi connectivity index (χ1) is 11.8. The van der Waals surface area contributed by atoms with Gasteiger partial charge >= 0.3 is 0 Å². The summed E-state index contributed by atoms with van der Waals surface area (Å²) in [5.74, 6) is 1.40. The lowest BCUT2D eigenvalue weighted by atomic mass is 10.1. The Morgan fingerprint density at radius 3 is 2.83 bits per heavy atom. The summed E-state index contributed by atoms with van der Waals surface area (Å²) in [6.45, 7) is 1.47. The first-order valence-electron chi connectivity index (χ1n) is 8.33. The summed E-state index contributed by atoms with van der Waals surface area (Å²) in [4.78, 5) is 19.8. The average Bonchev–Trinajstić information content (AvgIpc) is 3.07.